The summed E-state index contributed by atoms with van der Waals surface area (Å²) < 4.78 is 64.1. The van der Waals surface area contributed by atoms with Crippen molar-refractivity contribution in [3.8, 4) is 0 Å². The number of nitrogens with two attached hydrogens (primary N) is 2. The summed E-state index contributed by atoms with van der Waals surface area (Å²) in [4.78, 5) is -0.856. The van der Waals surface area contributed by atoms with Crippen LogP contribution < -0.4 is 11.5 Å². The molecular formula is C16H20N2O6S2. The van der Waals surface area contributed by atoms with E-state index in [2.05, 4.69) is 0 Å². The van der Waals surface area contributed by atoms with E-state index < -0.39 is 30.0 Å². The third-order valence-electron chi connectivity index (χ3n) is 3.07. The minimum Gasteiger partial charge on any atom is -0.399 e. The molecule has 2 rings (SSSR count). The van der Waals surface area contributed by atoms with E-state index in [1.165, 1.54) is 36.4 Å². The van der Waals surface area contributed by atoms with Gasteiger partial charge in [-0.05, 0) is 35.4 Å². The van der Waals surface area contributed by atoms with Crippen LogP contribution in [-0.2, 0) is 20.2 Å². The molecule has 10 heteroatoms. The fourth-order valence-electron chi connectivity index (χ4n) is 2.00. The van der Waals surface area contributed by atoms with Crippen LogP contribution in [0.4, 0.5) is 11.4 Å². The molecule has 0 amide bonds. The maximum atomic E-state index is 11.4. The first-order valence-corrected chi connectivity index (χ1v) is 10.3. The molecule has 8 nitrogen and oxygen atoms in total. The largest absolute Gasteiger partial charge is 0.399 e. The monoisotopic (exact) mass is 400 g/mol. The lowest BCUT2D eigenvalue weighted by Crippen LogP contribution is -2.03. The Hall–Kier alpha value is -2.40. The molecule has 0 atom stereocenters. The molecule has 6 N–H and O–H groups in total. The molecule has 2 aromatic rings. The van der Waals surface area contributed by atoms with Crippen molar-refractivity contribution in [3.05, 3.63) is 47.5 Å². The molecule has 142 valence electrons. The summed E-state index contributed by atoms with van der Waals surface area (Å²) in [6, 6.07) is 7.67. The summed E-state index contributed by atoms with van der Waals surface area (Å²) in [6.45, 7) is 4.00. The van der Waals surface area contributed by atoms with Crippen molar-refractivity contribution in [1.29, 1.82) is 0 Å². The number of nitrogen functional groups attached to an aromatic ring is 2. The van der Waals surface area contributed by atoms with Crippen LogP contribution in [0.15, 0.2) is 46.2 Å². The molecule has 0 radical (unpaired) electrons. The third-order valence-corrected chi connectivity index (χ3v) is 4.89. The third kappa shape index (κ3) is 5.56. The van der Waals surface area contributed by atoms with Crippen LogP contribution in [0.3, 0.4) is 0 Å². The first-order chi connectivity index (χ1) is 12.0. The lowest BCUT2D eigenvalue weighted by molar-refractivity contribution is 0.480. The molecule has 0 spiro atoms. The quantitative estimate of drug-likeness (QED) is 0.346. The van der Waals surface area contributed by atoms with E-state index in [-0.39, 0.29) is 22.5 Å². The molecule has 26 heavy (non-hydrogen) atoms. The Morgan fingerprint density at radius 2 is 1.04 bits per heavy atom. The molecule has 0 aliphatic carbocycles. The van der Waals surface area contributed by atoms with Crippen LogP contribution >= 0.6 is 0 Å². The molecule has 0 bridgehead atoms. The fourth-order valence-corrected chi connectivity index (χ4v) is 3.44. The first kappa shape index (κ1) is 21.6. The predicted molar refractivity (Wildman–Crippen MR) is 102 cm³/mol. The van der Waals surface area contributed by atoms with Crippen molar-refractivity contribution in [2.24, 2.45) is 0 Å². The number of hydrogen-bond donors (Lipinski definition) is 4. The molecule has 0 heterocycles. The average molecular weight is 400 g/mol. The molecular weight excluding hydrogens is 380 g/mol. The second-order valence-corrected chi connectivity index (χ2v) is 7.66. The van der Waals surface area contributed by atoms with Crippen LogP contribution in [0, 0.1) is 0 Å². The van der Waals surface area contributed by atoms with E-state index in [4.69, 9.17) is 11.5 Å². The number of anilines is 2. The topological polar surface area (TPSA) is 161 Å². The molecule has 0 fully saturated rings. The maximum absolute atomic E-state index is 11.4. The predicted octanol–water partition coefficient (Wildman–Crippen LogP) is 2.54. The van der Waals surface area contributed by atoms with Gasteiger partial charge in [-0.15, -0.1) is 0 Å². The van der Waals surface area contributed by atoms with Crippen molar-refractivity contribution in [2.45, 2.75) is 23.6 Å². The summed E-state index contributed by atoms with van der Waals surface area (Å²) >= 11 is 0. The van der Waals surface area contributed by atoms with Crippen LogP contribution in [0.25, 0.3) is 12.2 Å². The smallest absolute Gasteiger partial charge is 0.295 e. The van der Waals surface area contributed by atoms with Crippen molar-refractivity contribution in [3.63, 3.8) is 0 Å². The Balaban J connectivity index is 0.00000163. The van der Waals surface area contributed by atoms with Gasteiger partial charge in [0, 0.05) is 11.4 Å². The van der Waals surface area contributed by atoms with Gasteiger partial charge >= 0.3 is 0 Å². The van der Waals surface area contributed by atoms with Gasteiger partial charge < -0.3 is 11.5 Å². The number of rotatable bonds is 4. The first-order valence-electron chi connectivity index (χ1n) is 7.40. The van der Waals surface area contributed by atoms with Crippen molar-refractivity contribution in [2.75, 3.05) is 11.5 Å². The van der Waals surface area contributed by atoms with Gasteiger partial charge in [0.2, 0.25) is 0 Å². The SMILES string of the molecule is CC.Nc1ccc(/C=C/c2ccc(N)cc2S(=O)(=O)O)c(S(=O)(=O)O)c1. The summed E-state index contributed by atoms with van der Waals surface area (Å²) in [7, 11) is -9.05. The van der Waals surface area contributed by atoms with Gasteiger partial charge in [-0.3, -0.25) is 9.11 Å². The van der Waals surface area contributed by atoms with Crippen LogP contribution in [0.5, 0.6) is 0 Å². The number of benzene rings is 2. The lowest BCUT2D eigenvalue weighted by Gasteiger charge is -2.06. The van der Waals surface area contributed by atoms with E-state index in [1.54, 1.807) is 0 Å². The molecule has 0 unspecified atom stereocenters. The maximum Gasteiger partial charge on any atom is 0.295 e. The van der Waals surface area contributed by atoms with E-state index in [0.29, 0.717) is 0 Å². The highest BCUT2D eigenvalue weighted by Crippen LogP contribution is 2.24. The molecule has 0 aliphatic heterocycles. The van der Waals surface area contributed by atoms with Gasteiger partial charge in [-0.25, -0.2) is 0 Å². The Morgan fingerprint density at radius 1 is 0.731 bits per heavy atom. The highest BCUT2D eigenvalue weighted by Gasteiger charge is 2.16. The number of hydrogen-bond acceptors (Lipinski definition) is 6. The van der Waals surface area contributed by atoms with E-state index in [1.807, 2.05) is 13.8 Å². The van der Waals surface area contributed by atoms with E-state index in [0.717, 1.165) is 12.1 Å². The Labute approximate surface area is 152 Å². The van der Waals surface area contributed by atoms with Gasteiger partial charge in [-0.2, -0.15) is 16.8 Å². The summed E-state index contributed by atoms with van der Waals surface area (Å²) in [5.74, 6) is 0. The fraction of sp³-hybridized carbons (Fsp3) is 0.125. The van der Waals surface area contributed by atoms with Gasteiger partial charge in [0.25, 0.3) is 20.2 Å². The Morgan fingerprint density at radius 3 is 1.31 bits per heavy atom. The Bertz CT molecular complexity index is 945. The molecule has 0 aromatic heterocycles. The molecule has 0 aliphatic rings. The highest BCUT2D eigenvalue weighted by atomic mass is 32.2. The normalized spacial score (nSPS) is 11.8. The lowest BCUT2D eigenvalue weighted by atomic mass is 10.1. The van der Waals surface area contributed by atoms with Crippen LogP contribution in [-0.4, -0.2) is 25.9 Å². The van der Waals surface area contributed by atoms with Crippen molar-refractivity contribution in [1.82, 2.24) is 0 Å². The zero-order chi connectivity index (χ0) is 20.1. The molecule has 0 saturated carbocycles. The van der Waals surface area contributed by atoms with Crippen LogP contribution in [0.1, 0.15) is 25.0 Å². The van der Waals surface area contributed by atoms with Crippen molar-refractivity contribution >= 4 is 43.8 Å². The highest BCUT2D eigenvalue weighted by molar-refractivity contribution is 7.86. The van der Waals surface area contributed by atoms with Gasteiger partial charge in [0.15, 0.2) is 0 Å². The van der Waals surface area contributed by atoms with Crippen molar-refractivity contribution < 1.29 is 25.9 Å². The van der Waals surface area contributed by atoms with E-state index in [9.17, 15) is 25.9 Å². The zero-order valence-electron chi connectivity index (χ0n) is 14.1. The minimum absolute atomic E-state index is 0.0878. The zero-order valence-corrected chi connectivity index (χ0v) is 15.8. The van der Waals surface area contributed by atoms with Gasteiger partial charge in [0.05, 0.1) is 0 Å². The second kappa shape index (κ2) is 8.32. The standard InChI is InChI=1S/C14H14N2O6S2.C2H6/c15-11-5-3-9(13(7-11)23(17,18)19)1-2-10-4-6-12(16)8-14(10)24(20,21)22;1-2/h1-8H,15-16H2,(H,17,18,19)(H,20,21,22);1-2H3/b2-1+;. The molecule has 0 saturated heterocycles. The second-order valence-electron chi connectivity index (χ2n) is 4.88. The Kier molecular flexibility index (Phi) is 6.93. The summed E-state index contributed by atoms with van der Waals surface area (Å²) in [6.07, 6.45) is 2.53. The van der Waals surface area contributed by atoms with Gasteiger partial charge in [0.1, 0.15) is 9.79 Å². The summed E-state index contributed by atoms with van der Waals surface area (Å²) in [5, 5.41) is 0. The summed E-state index contributed by atoms with van der Waals surface area (Å²) in [5.41, 5.74) is 11.4. The minimum atomic E-state index is -4.52. The van der Waals surface area contributed by atoms with E-state index >= 15 is 0 Å². The van der Waals surface area contributed by atoms with Gasteiger partial charge in [-0.1, -0.05) is 38.1 Å². The van der Waals surface area contributed by atoms with Crippen LogP contribution in [0.2, 0.25) is 0 Å². The average Bonchev–Trinajstić information content (AvgIpc) is 2.54. The molecule has 2 aromatic carbocycles.